The lowest BCUT2D eigenvalue weighted by Gasteiger charge is -2.13. The van der Waals surface area contributed by atoms with Gasteiger partial charge in [0.1, 0.15) is 17.2 Å². The van der Waals surface area contributed by atoms with Crippen molar-refractivity contribution in [2.75, 3.05) is 5.32 Å². The van der Waals surface area contributed by atoms with Crippen molar-refractivity contribution in [1.29, 1.82) is 0 Å². The van der Waals surface area contributed by atoms with E-state index in [9.17, 15) is 19.5 Å². The summed E-state index contributed by atoms with van der Waals surface area (Å²) in [4.78, 5) is 41.7. The number of nitrogens with one attached hydrogen (secondary N) is 1. The van der Waals surface area contributed by atoms with Gasteiger partial charge in [-0.3, -0.25) is 14.2 Å². The third-order valence-corrected chi connectivity index (χ3v) is 5.42. The Kier molecular flexibility index (Phi) is 6.02. The highest BCUT2D eigenvalue weighted by atomic mass is 35.5. The van der Waals surface area contributed by atoms with E-state index in [0.29, 0.717) is 39.2 Å². The highest BCUT2D eigenvalue weighted by Crippen LogP contribution is 2.26. The molecule has 0 fully saturated rings. The predicted octanol–water partition coefficient (Wildman–Crippen LogP) is 4.05. The number of anilines is 1. The Morgan fingerprint density at radius 3 is 2.75 bits per heavy atom. The fourth-order valence-corrected chi connectivity index (χ4v) is 3.99. The molecule has 2 heterocycles. The number of thiophene rings is 1. The lowest BCUT2D eigenvalue weighted by atomic mass is 10.2. The molecule has 1 aromatic carbocycles. The Labute approximate surface area is 173 Å². The van der Waals surface area contributed by atoms with Gasteiger partial charge in [-0.2, -0.15) is 0 Å². The molecule has 1 amide bonds. The molecule has 28 heavy (non-hydrogen) atoms. The number of aromatic carboxylic acids is 1. The Morgan fingerprint density at radius 2 is 2.07 bits per heavy atom. The van der Waals surface area contributed by atoms with Crippen molar-refractivity contribution in [3.05, 3.63) is 55.4 Å². The molecule has 0 radical (unpaired) electrons. The van der Waals surface area contributed by atoms with E-state index in [4.69, 9.17) is 23.2 Å². The van der Waals surface area contributed by atoms with Gasteiger partial charge in [-0.05, 0) is 24.6 Å². The molecule has 0 aliphatic rings. The zero-order chi connectivity index (χ0) is 20.4. The van der Waals surface area contributed by atoms with Gasteiger partial charge < -0.3 is 10.4 Å². The third kappa shape index (κ3) is 4.04. The van der Waals surface area contributed by atoms with Gasteiger partial charge in [-0.25, -0.2) is 9.78 Å². The molecule has 0 aliphatic carbocycles. The molecule has 146 valence electrons. The van der Waals surface area contributed by atoms with Crippen molar-refractivity contribution in [2.45, 2.75) is 26.3 Å². The fourth-order valence-electron chi connectivity index (χ4n) is 2.73. The quantitative estimate of drug-likeness (QED) is 0.602. The SMILES string of the molecule is CCCc1nc2scc(C(=O)O)c2c(=O)n1CC(=O)Nc1cc(Cl)ccc1Cl. The Morgan fingerprint density at radius 1 is 1.32 bits per heavy atom. The second-order valence-corrected chi connectivity index (χ2v) is 7.68. The lowest BCUT2D eigenvalue weighted by Crippen LogP contribution is -2.31. The minimum absolute atomic E-state index is 0.00550. The van der Waals surface area contributed by atoms with Crippen LogP contribution in [0.1, 0.15) is 29.5 Å². The average Bonchev–Trinajstić information content (AvgIpc) is 3.06. The van der Waals surface area contributed by atoms with E-state index in [-0.39, 0.29) is 17.5 Å². The topological polar surface area (TPSA) is 101 Å². The summed E-state index contributed by atoms with van der Waals surface area (Å²) >= 11 is 13.1. The van der Waals surface area contributed by atoms with Gasteiger partial charge in [0.2, 0.25) is 5.91 Å². The molecule has 0 atom stereocenters. The van der Waals surface area contributed by atoms with Crippen molar-refractivity contribution < 1.29 is 14.7 Å². The predicted molar refractivity (Wildman–Crippen MR) is 110 cm³/mol. The van der Waals surface area contributed by atoms with Crippen LogP contribution in [0.5, 0.6) is 0 Å². The number of nitrogens with zero attached hydrogens (tertiary/aromatic N) is 2. The summed E-state index contributed by atoms with van der Waals surface area (Å²) < 4.78 is 1.21. The van der Waals surface area contributed by atoms with Crippen molar-refractivity contribution in [3.63, 3.8) is 0 Å². The lowest BCUT2D eigenvalue weighted by molar-refractivity contribution is -0.116. The normalized spacial score (nSPS) is 11.0. The van der Waals surface area contributed by atoms with Crippen molar-refractivity contribution in [2.24, 2.45) is 0 Å². The molecule has 0 bridgehead atoms. The molecular formula is C18H15Cl2N3O4S. The molecule has 0 aliphatic heterocycles. The second-order valence-electron chi connectivity index (χ2n) is 5.98. The molecule has 0 unspecified atom stereocenters. The number of benzene rings is 1. The van der Waals surface area contributed by atoms with Crippen LogP contribution in [0.2, 0.25) is 10.0 Å². The molecule has 10 heteroatoms. The van der Waals surface area contributed by atoms with Gasteiger partial charge in [0.25, 0.3) is 5.56 Å². The number of aryl methyl sites for hydroxylation is 1. The second kappa shape index (κ2) is 8.30. The van der Waals surface area contributed by atoms with Gasteiger partial charge in [-0.15, -0.1) is 11.3 Å². The first-order chi connectivity index (χ1) is 13.3. The van der Waals surface area contributed by atoms with Crippen LogP contribution in [-0.4, -0.2) is 26.5 Å². The molecule has 0 spiro atoms. The summed E-state index contributed by atoms with van der Waals surface area (Å²) in [6, 6.07) is 4.64. The molecule has 2 aromatic heterocycles. The van der Waals surface area contributed by atoms with E-state index >= 15 is 0 Å². The Hall–Kier alpha value is -2.42. The summed E-state index contributed by atoms with van der Waals surface area (Å²) in [5, 5.41) is 14.0. The van der Waals surface area contributed by atoms with E-state index in [1.54, 1.807) is 12.1 Å². The maximum atomic E-state index is 13.0. The number of amides is 1. The summed E-state index contributed by atoms with van der Waals surface area (Å²) in [5.41, 5.74) is -0.355. The number of fused-ring (bicyclic) bond motifs is 1. The van der Waals surface area contributed by atoms with Crippen LogP contribution in [0, 0.1) is 0 Å². The van der Waals surface area contributed by atoms with Crippen LogP contribution < -0.4 is 10.9 Å². The number of carboxylic acids is 1. The first kappa shape index (κ1) is 20.3. The first-order valence-corrected chi connectivity index (χ1v) is 9.94. The van der Waals surface area contributed by atoms with Gasteiger partial charge in [0, 0.05) is 16.8 Å². The zero-order valence-corrected chi connectivity index (χ0v) is 17.0. The van der Waals surface area contributed by atoms with Crippen LogP contribution in [0.4, 0.5) is 5.69 Å². The highest BCUT2D eigenvalue weighted by Gasteiger charge is 2.20. The van der Waals surface area contributed by atoms with Crippen molar-refractivity contribution in [1.82, 2.24) is 9.55 Å². The van der Waals surface area contributed by atoms with Gasteiger partial charge in [0.05, 0.1) is 21.7 Å². The Balaban J connectivity index is 2.01. The minimum atomic E-state index is -1.21. The third-order valence-electron chi connectivity index (χ3n) is 3.98. The standard InChI is InChI=1S/C18H15Cl2N3O4S/c1-2-3-13-22-16-15(10(8-28-16)18(26)27)17(25)23(13)7-14(24)21-12-6-9(19)4-5-11(12)20/h4-6,8H,2-3,7H2,1H3,(H,21,24)(H,26,27). The highest BCUT2D eigenvalue weighted by molar-refractivity contribution is 7.17. The number of aromatic nitrogens is 2. The van der Waals surface area contributed by atoms with E-state index in [2.05, 4.69) is 10.3 Å². The first-order valence-electron chi connectivity index (χ1n) is 8.31. The van der Waals surface area contributed by atoms with E-state index < -0.39 is 17.4 Å². The fraction of sp³-hybridized carbons (Fsp3) is 0.222. The summed E-state index contributed by atoms with van der Waals surface area (Å²) in [6.07, 6.45) is 1.17. The number of rotatable bonds is 6. The maximum absolute atomic E-state index is 13.0. The smallest absolute Gasteiger partial charge is 0.337 e. The number of hydrogen-bond donors (Lipinski definition) is 2. The molecular weight excluding hydrogens is 425 g/mol. The number of halogens is 2. The van der Waals surface area contributed by atoms with E-state index in [1.165, 1.54) is 16.0 Å². The summed E-state index contributed by atoms with van der Waals surface area (Å²) in [7, 11) is 0. The molecule has 0 saturated heterocycles. The van der Waals surface area contributed by atoms with E-state index in [1.807, 2.05) is 6.92 Å². The molecule has 7 nitrogen and oxygen atoms in total. The molecule has 2 N–H and O–H groups in total. The van der Waals surface area contributed by atoms with Crippen molar-refractivity contribution >= 4 is 62.3 Å². The average molecular weight is 440 g/mol. The molecule has 3 rings (SSSR count). The van der Waals surface area contributed by atoms with Crippen molar-refractivity contribution in [3.8, 4) is 0 Å². The Bertz CT molecular complexity index is 1140. The summed E-state index contributed by atoms with van der Waals surface area (Å²) in [6.45, 7) is 1.60. The minimum Gasteiger partial charge on any atom is -0.478 e. The van der Waals surface area contributed by atoms with Gasteiger partial charge in [0.15, 0.2) is 0 Å². The van der Waals surface area contributed by atoms with Crippen LogP contribution in [0.25, 0.3) is 10.2 Å². The number of carboxylic acid groups (broad SMARTS) is 1. The molecule has 3 aromatic rings. The number of hydrogen-bond acceptors (Lipinski definition) is 5. The van der Waals surface area contributed by atoms with Crippen LogP contribution in [0.3, 0.4) is 0 Å². The van der Waals surface area contributed by atoms with E-state index in [0.717, 1.165) is 11.3 Å². The van der Waals surface area contributed by atoms with Gasteiger partial charge in [-0.1, -0.05) is 30.1 Å². The van der Waals surface area contributed by atoms with Gasteiger partial charge >= 0.3 is 5.97 Å². The summed E-state index contributed by atoms with van der Waals surface area (Å²) in [5.74, 6) is -1.29. The van der Waals surface area contributed by atoms with Crippen LogP contribution in [-0.2, 0) is 17.8 Å². The monoisotopic (exact) mass is 439 g/mol. The number of carbonyl (C=O) groups excluding carboxylic acids is 1. The van der Waals surface area contributed by atoms with Crippen LogP contribution in [0.15, 0.2) is 28.4 Å². The maximum Gasteiger partial charge on any atom is 0.337 e. The largest absolute Gasteiger partial charge is 0.478 e. The molecule has 0 saturated carbocycles. The number of carbonyl (C=O) groups is 2. The van der Waals surface area contributed by atoms with Crippen LogP contribution >= 0.6 is 34.5 Å². The zero-order valence-electron chi connectivity index (χ0n) is 14.7.